The van der Waals surface area contributed by atoms with Crippen LogP contribution in [-0.2, 0) is 26.0 Å². The number of aryl methyl sites for hydroxylation is 1. The monoisotopic (exact) mass is 411 g/mol. The minimum absolute atomic E-state index is 0.128. The summed E-state index contributed by atoms with van der Waals surface area (Å²) in [5, 5.41) is 5.29. The van der Waals surface area contributed by atoms with Gasteiger partial charge in [-0.2, -0.15) is 4.31 Å². The Hall–Kier alpha value is -1.97. The minimum atomic E-state index is -3.72. The second kappa shape index (κ2) is 9.02. The molecule has 1 aromatic carbocycles. The van der Waals surface area contributed by atoms with Crippen molar-refractivity contribution < 1.29 is 22.7 Å². The van der Waals surface area contributed by atoms with Crippen LogP contribution < -0.4 is 10.6 Å². The molecule has 2 N–H and O–H groups in total. The van der Waals surface area contributed by atoms with Gasteiger partial charge in [0.05, 0.1) is 24.7 Å². The maximum absolute atomic E-state index is 13.0. The van der Waals surface area contributed by atoms with Crippen LogP contribution in [0.1, 0.15) is 43.6 Å². The number of ether oxygens (including phenoxy) is 1. The van der Waals surface area contributed by atoms with Crippen molar-refractivity contribution in [1.29, 1.82) is 0 Å². The van der Waals surface area contributed by atoms with Crippen molar-refractivity contribution in [2.75, 3.05) is 32.8 Å². The summed E-state index contributed by atoms with van der Waals surface area (Å²) in [6, 6.07) is 4.62. The molecule has 0 unspecified atom stereocenters. The van der Waals surface area contributed by atoms with E-state index in [1.807, 2.05) is 27.7 Å². The van der Waals surface area contributed by atoms with E-state index in [9.17, 15) is 18.0 Å². The smallest absolute Gasteiger partial charge is 0.251 e. The Kier molecular flexibility index (Phi) is 7.19. The molecule has 0 aliphatic carbocycles. The van der Waals surface area contributed by atoms with Gasteiger partial charge in [0.25, 0.3) is 5.91 Å². The van der Waals surface area contributed by atoms with Crippen molar-refractivity contribution >= 4 is 21.8 Å². The van der Waals surface area contributed by atoms with Crippen LogP contribution in [0.2, 0.25) is 0 Å². The number of nitrogens with zero attached hydrogens (tertiary/aromatic N) is 1. The Balaban J connectivity index is 2.19. The molecule has 1 heterocycles. The molecule has 1 aliphatic rings. The lowest BCUT2D eigenvalue weighted by Crippen LogP contribution is -2.45. The van der Waals surface area contributed by atoms with Gasteiger partial charge in [-0.1, -0.05) is 13.0 Å². The largest absolute Gasteiger partial charge is 0.379 e. The number of hydrogen-bond acceptors (Lipinski definition) is 5. The van der Waals surface area contributed by atoms with Gasteiger partial charge >= 0.3 is 0 Å². The average Bonchev–Trinajstić information content (AvgIpc) is 2.65. The van der Waals surface area contributed by atoms with Gasteiger partial charge in [0.2, 0.25) is 15.9 Å². The van der Waals surface area contributed by atoms with E-state index in [1.165, 1.54) is 10.4 Å². The molecule has 0 bridgehead atoms. The molecule has 1 aliphatic heterocycles. The third-order valence-corrected chi connectivity index (χ3v) is 6.20. The molecular weight excluding hydrogens is 382 g/mol. The quantitative estimate of drug-likeness (QED) is 0.724. The van der Waals surface area contributed by atoms with Gasteiger partial charge in [0, 0.05) is 24.2 Å². The lowest BCUT2D eigenvalue weighted by atomic mass is 10.1. The summed E-state index contributed by atoms with van der Waals surface area (Å²) >= 11 is 0. The molecule has 8 nitrogen and oxygen atoms in total. The van der Waals surface area contributed by atoms with Gasteiger partial charge in [0.15, 0.2) is 0 Å². The Labute approximate surface area is 166 Å². The molecule has 9 heteroatoms. The summed E-state index contributed by atoms with van der Waals surface area (Å²) in [7, 11) is -3.72. The topological polar surface area (TPSA) is 105 Å². The summed E-state index contributed by atoms with van der Waals surface area (Å²) in [5.74, 6) is -0.808. The van der Waals surface area contributed by atoms with E-state index in [1.54, 1.807) is 12.1 Å². The van der Waals surface area contributed by atoms with Crippen LogP contribution in [0.25, 0.3) is 0 Å². The van der Waals surface area contributed by atoms with E-state index in [4.69, 9.17) is 4.74 Å². The zero-order valence-corrected chi connectivity index (χ0v) is 17.7. The van der Waals surface area contributed by atoms with Gasteiger partial charge in [-0.15, -0.1) is 0 Å². The van der Waals surface area contributed by atoms with E-state index in [0.717, 1.165) is 0 Å². The molecule has 1 fully saturated rings. The maximum atomic E-state index is 13.0. The molecule has 0 radical (unpaired) electrons. The standard InChI is InChI=1S/C19H29N3O5S/c1-5-14-6-7-15(18(24)20-13-17(23)21-19(2,3)4)12-16(14)28(25,26)22-8-10-27-11-9-22/h6-7,12H,5,8-11,13H2,1-4H3,(H,20,24)(H,21,23). The van der Waals surface area contributed by atoms with E-state index in [2.05, 4.69) is 10.6 Å². The van der Waals surface area contributed by atoms with Crippen molar-refractivity contribution in [3.63, 3.8) is 0 Å². The summed E-state index contributed by atoms with van der Waals surface area (Å²) in [4.78, 5) is 24.5. The number of rotatable bonds is 6. The summed E-state index contributed by atoms with van der Waals surface area (Å²) in [6.07, 6.45) is 0.523. The van der Waals surface area contributed by atoms with E-state index in [0.29, 0.717) is 25.2 Å². The average molecular weight is 412 g/mol. The van der Waals surface area contributed by atoms with Crippen molar-refractivity contribution in [2.24, 2.45) is 0 Å². The number of sulfonamides is 1. The summed E-state index contributed by atoms with van der Waals surface area (Å²) in [5.41, 5.74) is 0.449. The number of benzene rings is 1. The van der Waals surface area contributed by atoms with Crippen LogP contribution in [-0.4, -0.2) is 62.9 Å². The Bertz CT molecular complexity index is 824. The van der Waals surface area contributed by atoms with E-state index in [-0.39, 0.29) is 36.0 Å². The number of carbonyl (C=O) groups is 2. The van der Waals surface area contributed by atoms with Crippen LogP contribution in [0, 0.1) is 0 Å². The molecule has 1 aromatic rings. The first-order chi connectivity index (χ1) is 13.0. The minimum Gasteiger partial charge on any atom is -0.379 e. The lowest BCUT2D eigenvalue weighted by molar-refractivity contribution is -0.121. The van der Waals surface area contributed by atoms with Crippen LogP contribution in [0.4, 0.5) is 0 Å². The van der Waals surface area contributed by atoms with Gasteiger partial charge in [-0.3, -0.25) is 9.59 Å². The van der Waals surface area contributed by atoms with Crippen LogP contribution >= 0.6 is 0 Å². The zero-order valence-electron chi connectivity index (χ0n) is 16.9. The fraction of sp³-hybridized carbons (Fsp3) is 0.579. The second-order valence-electron chi connectivity index (χ2n) is 7.67. The molecule has 1 saturated heterocycles. The van der Waals surface area contributed by atoms with Gasteiger partial charge in [0.1, 0.15) is 0 Å². The molecule has 0 atom stereocenters. The third kappa shape index (κ3) is 5.76. The fourth-order valence-corrected chi connectivity index (χ4v) is 4.61. The lowest BCUT2D eigenvalue weighted by Gasteiger charge is -2.27. The van der Waals surface area contributed by atoms with E-state index < -0.39 is 21.5 Å². The number of carbonyl (C=O) groups excluding carboxylic acids is 2. The number of nitrogens with one attached hydrogen (secondary N) is 2. The summed E-state index contributed by atoms with van der Waals surface area (Å²) < 4.78 is 32.7. The predicted octanol–water partition coefficient (Wildman–Crippen LogP) is 0.914. The van der Waals surface area contributed by atoms with Crippen molar-refractivity contribution in [2.45, 2.75) is 44.6 Å². The molecule has 156 valence electrons. The van der Waals surface area contributed by atoms with Crippen molar-refractivity contribution in [3.05, 3.63) is 29.3 Å². The maximum Gasteiger partial charge on any atom is 0.251 e. The number of amides is 2. The van der Waals surface area contributed by atoms with Crippen LogP contribution in [0.15, 0.2) is 23.1 Å². The predicted molar refractivity (Wildman–Crippen MR) is 106 cm³/mol. The Morgan fingerprint density at radius 3 is 2.39 bits per heavy atom. The Morgan fingerprint density at radius 2 is 1.82 bits per heavy atom. The molecular formula is C19H29N3O5S. The molecule has 0 spiro atoms. The SMILES string of the molecule is CCc1ccc(C(=O)NCC(=O)NC(C)(C)C)cc1S(=O)(=O)N1CCOCC1. The molecule has 0 saturated carbocycles. The van der Waals surface area contributed by atoms with Gasteiger partial charge < -0.3 is 15.4 Å². The highest BCUT2D eigenvalue weighted by Crippen LogP contribution is 2.23. The highest BCUT2D eigenvalue weighted by molar-refractivity contribution is 7.89. The first kappa shape index (κ1) is 22.3. The molecule has 2 amide bonds. The molecule has 2 rings (SSSR count). The summed E-state index contributed by atoms with van der Waals surface area (Å²) in [6.45, 7) is 8.50. The van der Waals surface area contributed by atoms with Crippen molar-refractivity contribution in [1.82, 2.24) is 14.9 Å². The van der Waals surface area contributed by atoms with Crippen LogP contribution in [0.3, 0.4) is 0 Å². The molecule has 0 aromatic heterocycles. The highest BCUT2D eigenvalue weighted by Gasteiger charge is 2.29. The number of morpholine rings is 1. The van der Waals surface area contributed by atoms with Crippen LogP contribution in [0.5, 0.6) is 0 Å². The van der Waals surface area contributed by atoms with Gasteiger partial charge in [-0.05, 0) is 44.9 Å². The Morgan fingerprint density at radius 1 is 1.18 bits per heavy atom. The zero-order chi connectivity index (χ0) is 20.9. The van der Waals surface area contributed by atoms with Gasteiger partial charge in [-0.25, -0.2) is 8.42 Å². The normalized spacial score (nSPS) is 15.9. The third-order valence-electron chi connectivity index (χ3n) is 4.22. The van der Waals surface area contributed by atoms with Crippen molar-refractivity contribution in [3.8, 4) is 0 Å². The first-order valence-electron chi connectivity index (χ1n) is 9.34. The first-order valence-corrected chi connectivity index (χ1v) is 10.8. The highest BCUT2D eigenvalue weighted by atomic mass is 32.2. The number of hydrogen-bond donors (Lipinski definition) is 2. The van der Waals surface area contributed by atoms with E-state index >= 15 is 0 Å². The fourth-order valence-electron chi connectivity index (χ4n) is 2.88. The second-order valence-corrected chi connectivity index (χ2v) is 9.58. The molecule has 28 heavy (non-hydrogen) atoms.